The normalized spacial score (nSPS) is 15.7. The van der Waals surface area contributed by atoms with Crippen LogP contribution in [0.5, 0.6) is 0 Å². The molecular formula is C16H19N3O4. The van der Waals surface area contributed by atoms with Gasteiger partial charge in [0.2, 0.25) is 0 Å². The lowest BCUT2D eigenvalue weighted by Gasteiger charge is -2.28. The molecule has 0 saturated carbocycles. The first-order valence-electron chi connectivity index (χ1n) is 7.64. The second-order valence-electron chi connectivity index (χ2n) is 5.57. The van der Waals surface area contributed by atoms with Gasteiger partial charge in [0.05, 0.1) is 6.61 Å². The summed E-state index contributed by atoms with van der Waals surface area (Å²) in [4.78, 5) is 16.7. The molecule has 1 amide bonds. The van der Waals surface area contributed by atoms with Crippen LogP contribution in [0.15, 0.2) is 34.9 Å². The summed E-state index contributed by atoms with van der Waals surface area (Å²) < 4.78 is 10.8. The number of likely N-dealkylation sites (tertiary alicyclic amines) is 1. The van der Waals surface area contributed by atoms with Crippen LogP contribution in [0, 0.1) is 0 Å². The van der Waals surface area contributed by atoms with Gasteiger partial charge in [0, 0.05) is 19.0 Å². The molecule has 1 fully saturated rings. The van der Waals surface area contributed by atoms with Crippen molar-refractivity contribution >= 4 is 6.09 Å². The van der Waals surface area contributed by atoms with Crippen molar-refractivity contribution in [3.05, 3.63) is 47.6 Å². The lowest BCUT2D eigenvalue weighted by molar-refractivity contribution is 0.0850. The van der Waals surface area contributed by atoms with Crippen molar-refractivity contribution in [3.8, 4) is 0 Å². The molecule has 0 radical (unpaired) electrons. The van der Waals surface area contributed by atoms with E-state index in [0.717, 1.165) is 18.4 Å². The van der Waals surface area contributed by atoms with Gasteiger partial charge < -0.3 is 19.3 Å². The molecule has 2 aromatic rings. The van der Waals surface area contributed by atoms with Crippen LogP contribution in [-0.2, 0) is 18.0 Å². The fraction of sp³-hybridized carbons (Fsp3) is 0.438. The van der Waals surface area contributed by atoms with Crippen LogP contribution in [0.2, 0.25) is 0 Å². The zero-order valence-corrected chi connectivity index (χ0v) is 12.7. The maximum atomic E-state index is 10.9. The summed E-state index contributed by atoms with van der Waals surface area (Å²) in [5, 5.41) is 13.0. The van der Waals surface area contributed by atoms with Crippen molar-refractivity contribution in [1.82, 2.24) is 15.0 Å². The van der Waals surface area contributed by atoms with Crippen molar-refractivity contribution in [2.45, 2.75) is 32.0 Å². The zero-order valence-electron chi connectivity index (χ0n) is 12.7. The zero-order chi connectivity index (χ0) is 16.1. The van der Waals surface area contributed by atoms with E-state index in [4.69, 9.17) is 14.4 Å². The fourth-order valence-corrected chi connectivity index (χ4v) is 2.65. The fourth-order valence-electron chi connectivity index (χ4n) is 2.65. The number of carboxylic acid groups (broad SMARTS) is 1. The van der Waals surface area contributed by atoms with Crippen molar-refractivity contribution in [2.75, 3.05) is 13.1 Å². The Kier molecular flexibility index (Phi) is 4.87. The van der Waals surface area contributed by atoms with E-state index in [0.29, 0.717) is 31.4 Å². The van der Waals surface area contributed by atoms with Crippen LogP contribution >= 0.6 is 0 Å². The molecule has 1 N–H and O–H groups in total. The van der Waals surface area contributed by atoms with Crippen LogP contribution in [-0.4, -0.2) is 39.3 Å². The molecule has 3 rings (SSSR count). The summed E-state index contributed by atoms with van der Waals surface area (Å²) in [7, 11) is 0. The van der Waals surface area contributed by atoms with Gasteiger partial charge in [-0.15, -0.1) is 0 Å². The smallest absolute Gasteiger partial charge is 0.407 e. The van der Waals surface area contributed by atoms with Crippen LogP contribution in [0.25, 0.3) is 0 Å². The highest BCUT2D eigenvalue weighted by atomic mass is 16.5. The highest BCUT2D eigenvalue weighted by molar-refractivity contribution is 5.65. The molecule has 1 aliphatic heterocycles. The number of hydrogen-bond donors (Lipinski definition) is 1. The average molecular weight is 317 g/mol. The predicted molar refractivity (Wildman–Crippen MR) is 80.8 cm³/mol. The summed E-state index contributed by atoms with van der Waals surface area (Å²) in [6.07, 6.45) is 0.568. The molecule has 7 heteroatoms. The molecule has 1 saturated heterocycles. The molecule has 0 bridgehead atoms. The molecule has 122 valence electrons. The van der Waals surface area contributed by atoms with Crippen LogP contribution in [0.4, 0.5) is 4.79 Å². The second kappa shape index (κ2) is 7.23. The molecule has 1 aliphatic rings. The number of benzene rings is 1. The minimum atomic E-state index is -0.869. The SMILES string of the molecule is O=C(O)N1CCC(c2noc(COCc3ccccc3)n2)CC1. The van der Waals surface area contributed by atoms with Gasteiger partial charge in [-0.25, -0.2) is 4.79 Å². The summed E-state index contributed by atoms with van der Waals surface area (Å²) >= 11 is 0. The maximum absolute atomic E-state index is 10.9. The van der Waals surface area contributed by atoms with E-state index < -0.39 is 6.09 Å². The Morgan fingerprint density at radius 1 is 1.26 bits per heavy atom. The van der Waals surface area contributed by atoms with Gasteiger partial charge >= 0.3 is 6.09 Å². The number of aromatic nitrogens is 2. The van der Waals surface area contributed by atoms with Crippen molar-refractivity contribution in [3.63, 3.8) is 0 Å². The number of carbonyl (C=O) groups is 1. The van der Waals surface area contributed by atoms with Crippen molar-refractivity contribution in [1.29, 1.82) is 0 Å². The van der Waals surface area contributed by atoms with Gasteiger partial charge in [0.15, 0.2) is 5.82 Å². The largest absolute Gasteiger partial charge is 0.465 e. The minimum Gasteiger partial charge on any atom is -0.465 e. The lowest BCUT2D eigenvalue weighted by atomic mass is 9.96. The Morgan fingerprint density at radius 2 is 2.00 bits per heavy atom. The summed E-state index contributed by atoms with van der Waals surface area (Å²) in [6, 6.07) is 9.88. The van der Waals surface area contributed by atoms with Gasteiger partial charge in [-0.2, -0.15) is 4.98 Å². The Hall–Kier alpha value is -2.41. The molecule has 0 aliphatic carbocycles. The van der Waals surface area contributed by atoms with Gasteiger partial charge in [-0.3, -0.25) is 0 Å². The van der Waals surface area contributed by atoms with E-state index in [1.54, 1.807) is 0 Å². The number of hydrogen-bond acceptors (Lipinski definition) is 5. The monoisotopic (exact) mass is 317 g/mol. The Balaban J connectivity index is 1.48. The molecular weight excluding hydrogens is 298 g/mol. The number of nitrogens with zero attached hydrogens (tertiary/aromatic N) is 3. The molecule has 0 atom stereocenters. The summed E-state index contributed by atoms with van der Waals surface area (Å²) in [5.74, 6) is 1.25. The van der Waals surface area contributed by atoms with Crippen LogP contribution < -0.4 is 0 Å². The van der Waals surface area contributed by atoms with Gasteiger partial charge in [-0.1, -0.05) is 35.5 Å². The first kappa shape index (κ1) is 15.5. The second-order valence-corrected chi connectivity index (χ2v) is 5.57. The molecule has 2 heterocycles. The number of ether oxygens (including phenoxy) is 1. The third kappa shape index (κ3) is 4.07. The van der Waals surface area contributed by atoms with Crippen molar-refractivity contribution in [2.24, 2.45) is 0 Å². The summed E-state index contributed by atoms with van der Waals surface area (Å²) in [6.45, 7) is 1.79. The summed E-state index contributed by atoms with van der Waals surface area (Å²) in [5.41, 5.74) is 1.09. The third-order valence-corrected chi connectivity index (χ3v) is 3.95. The van der Waals surface area contributed by atoms with E-state index in [1.807, 2.05) is 30.3 Å². The highest BCUT2D eigenvalue weighted by Crippen LogP contribution is 2.26. The standard InChI is InChI=1S/C16H19N3O4/c20-16(21)19-8-6-13(7-9-19)15-17-14(23-18-15)11-22-10-12-4-2-1-3-5-12/h1-5,13H,6-11H2,(H,20,21). The molecule has 7 nitrogen and oxygen atoms in total. The number of rotatable bonds is 5. The maximum Gasteiger partial charge on any atom is 0.407 e. The molecule has 0 unspecified atom stereocenters. The Labute approximate surface area is 133 Å². The van der Waals surface area contributed by atoms with Gasteiger partial charge in [-0.05, 0) is 18.4 Å². The molecule has 23 heavy (non-hydrogen) atoms. The van der Waals surface area contributed by atoms with E-state index in [9.17, 15) is 4.79 Å². The Morgan fingerprint density at radius 3 is 2.70 bits per heavy atom. The average Bonchev–Trinajstić information content (AvgIpc) is 3.05. The quantitative estimate of drug-likeness (QED) is 0.912. The van der Waals surface area contributed by atoms with Crippen LogP contribution in [0.1, 0.15) is 36.0 Å². The first-order valence-corrected chi connectivity index (χ1v) is 7.64. The molecule has 1 aromatic heterocycles. The van der Waals surface area contributed by atoms with E-state index in [1.165, 1.54) is 4.90 Å². The predicted octanol–water partition coefficient (Wildman–Crippen LogP) is 2.64. The minimum absolute atomic E-state index is 0.150. The Bertz CT molecular complexity index is 636. The highest BCUT2D eigenvalue weighted by Gasteiger charge is 2.26. The number of amides is 1. The van der Waals surface area contributed by atoms with Crippen LogP contribution in [0.3, 0.4) is 0 Å². The first-order chi connectivity index (χ1) is 11.2. The van der Waals surface area contributed by atoms with E-state index >= 15 is 0 Å². The van der Waals surface area contributed by atoms with Crippen molar-refractivity contribution < 1.29 is 19.2 Å². The topological polar surface area (TPSA) is 88.7 Å². The van der Waals surface area contributed by atoms with Gasteiger partial charge in [0.1, 0.15) is 6.61 Å². The number of piperidine rings is 1. The van der Waals surface area contributed by atoms with E-state index in [-0.39, 0.29) is 12.5 Å². The molecule has 1 aromatic carbocycles. The third-order valence-electron chi connectivity index (χ3n) is 3.95. The van der Waals surface area contributed by atoms with Gasteiger partial charge in [0.25, 0.3) is 5.89 Å². The molecule has 0 spiro atoms. The van der Waals surface area contributed by atoms with E-state index in [2.05, 4.69) is 10.1 Å². The lowest BCUT2D eigenvalue weighted by Crippen LogP contribution is -2.37.